The Morgan fingerprint density at radius 2 is 1.68 bits per heavy atom. The lowest BCUT2D eigenvalue weighted by molar-refractivity contribution is 0.162. The van der Waals surface area contributed by atoms with Crippen molar-refractivity contribution in [2.75, 3.05) is 62.1 Å². The van der Waals surface area contributed by atoms with E-state index in [-0.39, 0.29) is 6.61 Å². The summed E-state index contributed by atoms with van der Waals surface area (Å²) in [5, 5.41) is 10.4. The fourth-order valence-electron chi connectivity index (χ4n) is 5.86. The minimum Gasteiger partial charge on any atom is -0.395 e. The maximum atomic E-state index is 15.8. The maximum Gasteiger partial charge on any atom is 0.170 e. The van der Waals surface area contributed by atoms with E-state index in [1.54, 1.807) is 0 Å². The van der Waals surface area contributed by atoms with Crippen LogP contribution in [-0.2, 0) is 5.67 Å². The van der Waals surface area contributed by atoms with Gasteiger partial charge in [-0.25, -0.2) is 14.4 Å². The Balaban J connectivity index is 0.00000164. The zero-order valence-electron chi connectivity index (χ0n) is 23.8. The Morgan fingerprint density at radius 1 is 1.00 bits per heavy atom. The summed E-state index contributed by atoms with van der Waals surface area (Å²) in [6, 6.07) is 14.8. The summed E-state index contributed by atoms with van der Waals surface area (Å²) in [6.07, 6.45) is 4.81. The minimum absolute atomic E-state index is 0.0864. The third-order valence-electron chi connectivity index (χ3n) is 7.99. The number of hydrogen-bond acceptors (Lipinski definition) is 6. The predicted octanol–water partition coefficient (Wildman–Crippen LogP) is 6.27. The largest absolute Gasteiger partial charge is 0.395 e. The number of nitrogens with zero attached hydrogens (tertiary/aromatic N) is 5. The molecular formula is C31H44FN5O. The second-order valence-corrected chi connectivity index (χ2v) is 10.6. The van der Waals surface area contributed by atoms with Crippen molar-refractivity contribution in [2.45, 2.75) is 64.0 Å². The number of benzene rings is 2. The van der Waals surface area contributed by atoms with Crippen LogP contribution in [0.25, 0.3) is 10.9 Å². The zero-order chi connectivity index (χ0) is 27.3. The predicted molar refractivity (Wildman–Crippen MR) is 157 cm³/mol. The van der Waals surface area contributed by atoms with Crippen molar-refractivity contribution >= 4 is 28.1 Å². The van der Waals surface area contributed by atoms with Gasteiger partial charge < -0.3 is 19.8 Å². The highest BCUT2D eigenvalue weighted by Crippen LogP contribution is 2.43. The van der Waals surface area contributed by atoms with Gasteiger partial charge in [0.15, 0.2) is 11.5 Å². The molecule has 0 unspecified atom stereocenters. The highest BCUT2D eigenvalue weighted by atomic mass is 19.1. The lowest BCUT2D eigenvalue weighted by Gasteiger charge is -2.35. The Bertz CT molecular complexity index is 1200. The highest BCUT2D eigenvalue weighted by molar-refractivity contribution is 5.92. The number of rotatable bonds is 7. The molecule has 1 N–H and O–H groups in total. The van der Waals surface area contributed by atoms with E-state index in [1.165, 1.54) is 11.3 Å². The summed E-state index contributed by atoms with van der Waals surface area (Å²) in [5.41, 5.74) is 3.04. The molecular weight excluding hydrogens is 477 g/mol. The number of para-hydroxylation sites is 1. The summed E-state index contributed by atoms with van der Waals surface area (Å²) in [4.78, 5) is 16.2. The molecule has 0 bridgehead atoms. The Labute approximate surface area is 227 Å². The van der Waals surface area contributed by atoms with E-state index in [2.05, 4.69) is 54.2 Å². The summed E-state index contributed by atoms with van der Waals surface area (Å²) in [5.74, 6) is 1.68. The van der Waals surface area contributed by atoms with Gasteiger partial charge in [-0.1, -0.05) is 32.0 Å². The third-order valence-corrected chi connectivity index (χ3v) is 7.99. The first-order valence-electron chi connectivity index (χ1n) is 14.2. The molecule has 206 valence electrons. The fourth-order valence-corrected chi connectivity index (χ4v) is 5.86. The van der Waals surface area contributed by atoms with Crippen molar-refractivity contribution in [2.24, 2.45) is 0 Å². The number of halogens is 1. The number of fused-ring (bicyclic) bond motifs is 1. The number of alkyl halides is 1. The molecule has 2 aliphatic rings. The van der Waals surface area contributed by atoms with Gasteiger partial charge in [0, 0.05) is 57.5 Å². The molecule has 3 aromatic rings. The zero-order valence-corrected chi connectivity index (χ0v) is 23.8. The number of likely N-dealkylation sites (N-methyl/N-ethyl adjacent to an activating group) is 1. The Hall–Kier alpha value is -2.93. The second kappa shape index (κ2) is 12.3. The number of hydrogen-bond donors (Lipinski definition) is 1. The number of aliphatic hydroxyl groups is 1. The molecule has 2 heterocycles. The maximum absolute atomic E-state index is 15.8. The van der Waals surface area contributed by atoms with Gasteiger partial charge >= 0.3 is 0 Å². The molecule has 0 amide bonds. The van der Waals surface area contributed by atoms with Crippen molar-refractivity contribution in [3.8, 4) is 0 Å². The number of anilines is 3. The van der Waals surface area contributed by atoms with Crippen LogP contribution >= 0.6 is 0 Å². The van der Waals surface area contributed by atoms with Gasteiger partial charge in [0.2, 0.25) is 0 Å². The molecule has 1 aromatic heterocycles. The molecule has 38 heavy (non-hydrogen) atoms. The average molecular weight is 522 g/mol. The molecule has 6 nitrogen and oxygen atoms in total. The van der Waals surface area contributed by atoms with E-state index in [0.717, 1.165) is 61.2 Å². The van der Waals surface area contributed by atoms with Crippen LogP contribution in [0.15, 0.2) is 42.5 Å². The molecule has 7 heteroatoms. The first kappa shape index (κ1) is 28.1. The standard InChI is InChI=1S/C29H38FN5O.C2H6/c1-33(2)26-9-5-4-8-23(26)21-12-16-35(17-13-21)27-24-20-22(34(3)18-19-36)10-11-25(24)31-28(32-27)29(30)14-6-7-15-29;1-2/h4-5,8-11,20-21,36H,6-7,12-19H2,1-3H3;1-2H3. The van der Waals surface area contributed by atoms with Gasteiger partial charge in [-0.2, -0.15) is 0 Å². The molecule has 1 aliphatic carbocycles. The van der Waals surface area contributed by atoms with E-state index in [0.29, 0.717) is 31.1 Å². The summed E-state index contributed by atoms with van der Waals surface area (Å²) >= 11 is 0. The lowest BCUT2D eigenvalue weighted by atomic mass is 9.88. The number of aliphatic hydroxyl groups excluding tert-OH is 1. The molecule has 2 aromatic carbocycles. The van der Waals surface area contributed by atoms with E-state index in [4.69, 9.17) is 9.97 Å². The van der Waals surface area contributed by atoms with Gasteiger partial charge in [0.25, 0.3) is 0 Å². The second-order valence-electron chi connectivity index (χ2n) is 10.6. The van der Waals surface area contributed by atoms with Crippen molar-refractivity contribution in [3.63, 3.8) is 0 Å². The molecule has 2 fully saturated rings. The monoisotopic (exact) mass is 521 g/mol. The number of aromatic nitrogens is 2. The van der Waals surface area contributed by atoms with Gasteiger partial charge in [-0.15, -0.1) is 0 Å². The van der Waals surface area contributed by atoms with Gasteiger partial charge in [-0.3, -0.25) is 0 Å². The summed E-state index contributed by atoms with van der Waals surface area (Å²) in [6.45, 7) is 6.37. The van der Waals surface area contributed by atoms with Gasteiger partial charge in [0.05, 0.1) is 12.1 Å². The van der Waals surface area contributed by atoms with Crippen molar-refractivity contribution in [1.82, 2.24) is 9.97 Å². The van der Waals surface area contributed by atoms with Gasteiger partial charge in [-0.05, 0) is 74.3 Å². The number of piperidine rings is 1. The minimum atomic E-state index is -1.43. The van der Waals surface area contributed by atoms with Crippen molar-refractivity contribution < 1.29 is 9.50 Å². The first-order chi connectivity index (χ1) is 18.4. The first-order valence-corrected chi connectivity index (χ1v) is 14.2. The van der Waals surface area contributed by atoms with Crippen molar-refractivity contribution in [3.05, 3.63) is 53.9 Å². The molecule has 0 atom stereocenters. The quantitative estimate of drug-likeness (QED) is 0.395. The van der Waals surface area contributed by atoms with Crippen LogP contribution in [0.4, 0.5) is 21.6 Å². The molecule has 1 saturated carbocycles. The van der Waals surface area contributed by atoms with E-state index in [1.807, 2.05) is 37.9 Å². The van der Waals surface area contributed by atoms with E-state index in [9.17, 15) is 5.11 Å². The smallest absolute Gasteiger partial charge is 0.170 e. The van der Waals surface area contributed by atoms with Crippen LogP contribution in [-0.4, -0.2) is 62.5 Å². The Kier molecular flexibility index (Phi) is 9.08. The SMILES string of the molecule is CC.CN(C)c1ccccc1C1CCN(c2nc(C3(F)CCCC3)nc3ccc(N(C)CCO)cc23)CC1. The van der Waals surface area contributed by atoms with Crippen LogP contribution in [0.5, 0.6) is 0 Å². The lowest BCUT2D eigenvalue weighted by Crippen LogP contribution is -2.35. The molecule has 0 radical (unpaired) electrons. The topological polar surface area (TPSA) is 55.7 Å². The van der Waals surface area contributed by atoms with Crippen LogP contribution in [0.1, 0.15) is 69.7 Å². The van der Waals surface area contributed by atoms with Crippen LogP contribution in [0, 0.1) is 0 Å². The van der Waals surface area contributed by atoms with Gasteiger partial charge in [0.1, 0.15) is 5.82 Å². The molecule has 5 rings (SSSR count). The van der Waals surface area contributed by atoms with E-state index < -0.39 is 5.67 Å². The average Bonchev–Trinajstić information content (AvgIpc) is 3.41. The van der Waals surface area contributed by atoms with Crippen LogP contribution in [0.2, 0.25) is 0 Å². The highest BCUT2D eigenvalue weighted by Gasteiger charge is 2.39. The molecule has 1 aliphatic heterocycles. The van der Waals surface area contributed by atoms with Crippen LogP contribution in [0.3, 0.4) is 0 Å². The Morgan fingerprint density at radius 3 is 2.34 bits per heavy atom. The molecule has 0 spiro atoms. The summed E-state index contributed by atoms with van der Waals surface area (Å²) in [7, 11) is 6.17. The summed E-state index contributed by atoms with van der Waals surface area (Å²) < 4.78 is 15.8. The van der Waals surface area contributed by atoms with E-state index >= 15 is 4.39 Å². The normalized spacial score (nSPS) is 17.3. The van der Waals surface area contributed by atoms with Crippen molar-refractivity contribution in [1.29, 1.82) is 0 Å². The van der Waals surface area contributed by atoms with Crippen LogP contribution < -0.4 is 14.7 Å². The molecule has 1 saturated heterocycles. The third kappa shape index (κ3) is 5.73. The fraction of sp³-hybridized carbons (Fsp3) is 0.548.